The molecule has 1 N–H and O–H groups in total. The van der Waals surface area contributed by atoms with Crippen LogP contribution in [0.5, 0.6) is 0 Å². The molecule has 1 aromatic carbocycles. The summed E-state index contributed by atoms with van der Waals surface area (Å²) in [6.07, 6.45) is 4.15. The third-order valence-electron chi connectivity index (χ3n) is 3.74. The number of benzene rings is 1. The van der Waals surface area contributed by atoms with E-state index in [0.29, 0.717) is 30.4 Å². The van der Waals surface area contributed by atoms with Gasteiger partial charge in [0.1, 0.15) is 0 Å². The molecule has 0 aliphatic rings. The molecule has 0 radical (unpaired) electrons. The first-order valence-electron chi connectivity index (χ1n) is 7.85. The van der Waals surface area contributed by atoms with Crippen molar-refractivity contribution in [1.82, 2.24) is 19.9 Å². The van der Waals surface area contributed by atoms with Crippen LogP contribution in [0, 0.1) is 0 Å². The molecule has 0 atom stereocenters. The smallest absolute Gasteiger partial charge is 0.261 e. The molecule has 6 heteroatoms. The predicted octanol–water partition coefficient (Wildman–Crippen LogP) is 1.54. The highest BCUT2D eigenvalue weighted by Crippen LogP contribution is 2.04. The quantitative estimate of drug-likeness (QED) is 0.747. The number of hydrogen-bond donors (Lipinski definition) is 1. The Bertz CT molecular complexity index is 890. The molecule has 122 valence electrons. The number of carbonyl (C=O) groups is 1. The van der Waals surface area contributed by atoms with E-state index in [1.807, 2.05) is 24.3 Å². The van der Waals surface area contributed by atoms with Gasteiger partial charge in [-0.05, 0) is 24.3 Å². The zero-order valence-corrected chi connectivity index (χ0v) is 13.2. The van der Waals surface area contributed by atoms with Crippen molar-refractivity contribution in [2.45, 2.75) is 19.4 Å². The molecule has 0 fully saturated rings. The first kappa shape index (κ1) is 15.9. The number of fused-ring (bicyclic) bond motifs is 1. The first-order valence-corrected chi connectivity index (χ1v) is 7.85. The van der Waals surface area contributed by atoms with E-state index < -0.39 is 0 Å². The number of rotatable bonds is 6. The number of aryl methyl sites for hydroxylation is 1. The maximum Gasteiger partial charge on any atom is 0.261 e. The van der Waals surface area contributed by atoms with Crippen LogP contribution in [-0.2, 0) is 17.8 Å². The summed E-state index contributed by atoms with van der Waals surface area (Å²) in [5.41, 5.74) is 1.48. The van der Waals surface area contributed by atoms with Gasteiger partial charge in [0.25, 0.3) is 5.56 Å². The third-order valence-corrected chi connectivity index (χ3v) is 3.74. The minimum absolute atomic E-state index is 0.0917. The number of para-hydroxylation sites is 1. The van der Waals surface area contributed by atoms with Crippen molar-refractivity contribution in [3.63, 3.8) is 0 Å². The summed E-state index contributed by atoms with van der Waals surface area (Å²) in [4.78, 5) is 32.7. The molecule has 2 aromatic heterocycles. The molecule has 0 unspecified atom stereocenters. The number of nitrogens with zero attached hydrogens (tertiary/aromatic N) is 3. The standard InChI is InChI=1S/C18H18N4O2/c23-17(20-11-8-14-5-3-4-10-19-14)9-12-22-13-21-16-7-2-1-6-15(16)18(22)24/h1-7,10,13H,8-9,11-12H2,(H,20,23). The highest BCUT2D eigenvalue weighted by Gasteiger charge is 2.06. The summed E-state index contributed by atoms with van der Waals surface area (Å²) >= 11 is 0. The zero-order chi connectivity index (χ0) is 16.8. The van der Waals surface area contributed by atoms with Crippen molar-refractivity contribution in [2.75, 3.05) is 6.54 Å². The second-order valence-electron chi connectivity index (χ2n) is 5.43. The SMILES string of the molecule is O=C(CCn1cnc2ccccc2c1=O)NCCc1ccccn1. The van der Waals surface area contributed by atoms with E-state index in [1.54, 1.807) is 24.4 Å². The Labute approximate surface area is 139 Å². The zero-order valence-electron chi connectivity index (χ0n) is 13.2. The van der Waals surface area contributed by atoms with Gasteiger partial charge in [0.2, 0.25) is 5.91 Å². The Kier molecular flexibility index (Phi) is 4.96. The number of hydrogen-bond acceptors (Lipinski definition) is 4. The monoisotopic (exact) mass is 322 g/mol. The van der Waals surface area contributed by atoms with Gasteiger partial charge in [-0.3, -0.25) is 19.1 Å². The van der Waals surface area contributed by atoms with Crippen LogP contribution in [0.25, 0.3) is 10.9 Å². The second kappa shape index (κ2) is 7.50. The number of amides is 1. The predicted molar refractivity (Wildman–Crippen MR) is 91.6 cm³/mol. The molecular formula is C18H18N4O2. The number of carbonyl (C=O) groups excluding carboxylic acids is 1. The Hall–Kier alpha value is -3.02. The second-order valence-corrected chi connectivity index (χ2v) is 5.43. The van der Waals surface area contributed by atoms with E-state index in [0.717, 1.165) is 5.69 Å². The molecule has 6 nitrogen and oxygen atoms in total. The number of nitrogens with one attached hydrogen (secondary N) is 1. The van der Waals surface area contributed by atoms with Gasteiger partial charge < -0.3 is 5.32 Å². The average molecular weight is 322 g/mol. The Morgan fingerprint density at radius 1 is 1.08 bits per heavy atom. The lowest BCUT2D eigenvalue weighted by atomic mass is 10.2. The Morgan fingerprint density at radius 3 is 2.75 bits per heavy atom. The summed E-state index contributed by atoms with van der Waals surface area (Å²) in [6.45, 7) is 0.840. The van der Waals surface area contributed by atoms with Gasteiger partial charge in [-0.1, -0.05) is 18.2 Å². The van der Waals surface area contributed by atoms with Crippen molar-refractivity contribution >= 4 is 16.8 Å². The van der Waals surface area contributed by atoms with Gasteiger partial charge in [0, 0.05) is 37.8 Å². The topological polar surface area (TPSA) is 76.9 Å². The highest BCUT2D eigenvalue weighted by atomic mass is 16.1. The lowest BCUT2D eigenvalue weighted by molar-refractivity contribution is -0.121. The van der Waals surface area contributed by atoms with Gasteiger partial charge >= 0.3 is 0 Å². The number of pyridine rings is 1. The number of aromatic nitrogens is 3. The molecule has 2 heterocycles. The minimum Gasteiger partial charge on any atom is -0.356 e. The van der Waals surface area contributed by atoms with Crippen LogP contribution in [0.15, 0.2) is 59.8 Å². The van der Waals surface area contributed by atoms with Crippen LogP contribution in [0.2, 0.25) is 0 Å². The van der Waals surface area contributed by atoms with Gasteiger partial charge in [-0.25, -0.2) is 4.98 Å². The van der Waals surface area contributed by atoms with Gasteiger partial charge in [0.05, 0.1) is 17.2 Å². The molecule has 0 spiro atoms. The fraction of sp³-hybridized carbons (Fsp3) is 0.222. The van der Waals surface area contributed by atoms with E-state index in [-0.39, 0.29) is 17.9 Å². The van der Waals surface area contributed by atoms with Crippen molar-refractivity contribution in [3.8, 4) is 0 Å². The summed E-state index contributed by atoms with van der Waals surface area (Å²) in [7, 11) is 0. The minimum atomic E-state index is -0.123. The molecule has 0 aliphatic heterocycles. The average Bonchev–Trinajstić information content (AvgIpc) is 2.62. The Morgan fingerprint density at radius 2 is 1.92 bits per heavy atom. The summed E-state index contributed by atoms with van der Waals surface area (Å²) < 4.78 is 1.47. The largest absolute Gasteiger partial charge is 0.356 e. The van der Waals surface area contributed by atoms with Crippen molar-refractivity contribution in [1.29, 1.82) is 0 Å². The molecule has 3 aromatic rings. The van der Waals surface area contributed by atoms with Crippen molar-refractivity contribution in [2.24, 2.45) is 0 Å². The first-order chi connectivity index (χ1) is 11.7. The normalized spacial score (nSPS) is 10.7. The van der Waals surface area contributed by atoms with Crippen LogP contribution in [0.4, 0.5) is 0 Å². The van der Waals surface area contributed by atoms with Crippen LogP contribution in [-0.4, -0.2) is 27.0 Å². The van der Waals surface area contributed by atoms with Gasteiger partial charge in [-0.2, -0.15) is 0 Å². The lowest BCUT2D eigenvalue weighted by Gasteiger charge is -2.07. The van der Waals surface area contributed by atoms with E-state index in [4.69, 9.17) is 0 Å². The molecule has 0 aliphatic carbocycles. The van der Waals surface area contributed by atoms with E-state index in [9.17, 15) is 9.59 Å². The van der Waals surface area contributed by atoms with Crippen molar-refractivity contribution in [3.05, 3.63) is 71.0 Å². The molecule has 1 amide bonds. The van der Waals surface area contributed by atoms with E-state index >= 15 is 0 Å². The van der Waals surface area contributed by atoms with Crippen molar-refractivity contribution < 1.29 is 4.79 Å². The fourth-order valence-electron chi connectivity index (χ4n) is 2.45. The van der Waals surface area contributed by atoms with E-state index in [2.05, 4.69) is 15.3 Å². The van der Waals surface area contributed by atoms with Gasteiger partial charge in [-0.15, -0.1) is 0 Å². The molecule has 0 saturated heterocycles. The lowest BCUT2D eigenvalue weighted by Crippen LogP contribution is -2.29. The molecule has 0 saturated carbocycles. The molecule has 3 rings (SSSR count). The fourth-order valence-corrected chi connectivity index (χ4v) is 2.45. The molecule has 24 heavy (non-hydrogen) atoms. The maximum atomic E-state index is 12.3. The van der Waals surface area contributed by atoms with Crippen LogP contribution >= 0.6 is 0 Å². The van der Waals surface area contributed by atoms with Crippen LogP contribution < -0.4 is 10.9 Å². The summed E-state index contributed by atoms with van der Waals surface area (Å²) in [5, 5.41) is 3.41. The van der Waals surface area contributed by atoms with Crippen LogP contribution in [0.3, 0.4) is 0 Å². The van der Waals surface area contributed by atoms with Crippen LogP contribution in [0.1, 0.15) is 12.1 Å². The summed E-state index contributed by atoms with van der Waals surface area (Å²) in [6, 6.07) is 12.9. The Balaban J connectivity index is 1.53. The maximum absolute atomic E-state index is 12.3. The third kappa shape index (κ3) is 3.84. The molecule has 0 bridgehead atoms. The van der Waals surface area contributed by atoms with Gasteiger partial charge in [0.15, 0.2) is 0 Å². The molecular weight excluding hydrogens is 304 g/mol. The highest BCUT2D eigenvalue weighted by molar-refractivity contribution is 5.77. The van der Waals surface area contributed by atoms with E-state index in [1.165, 1.54) is 10.9 Å². The summed E-state index contributed by atoms with van der Waals surface area (Å²) in [5.74, 6) is -0.0917.